The molecule has 16 heteroatoms. The Hall–Kier alpha value is -3.72. The van der Waals surface area contributed by atoms with E-state index in [0.717, 1.165) is 31.9 Å². The Morgan fingerprint density at radius 3 is 2.10 bits per heavy atom. The van der Waals surface area contributed by atoms with Crippen LogP contribution in [0.2, 0.25) is 10.0 Å². The molecule has 0 bridgehead atoms. The molecule has 2 atom stereocenters. The minimum Gasteiger partial charge on any atom is -0.870 e. The van der Waals surface area contributed by atoms with Gasteiger partial charge in [-0.05, 0) is 74.3 Å². The lowest BCUT2D eigenvalue weighted by molar-refractivity contribution is -0.377. The van der Waals surface area contributed by atoms with Gasteiger partial charge in [0.2, 0.25) is 0 Å². The van der Waals surface area contributed by atoms with E-state index in [4.69, 9.17) is 42.1 Å². The molecule has 2 N–H and O–H groups in total. The van der Waals surface area contributed by atoms with Gasteiger partial charge >= 0.3 is 18.6 Å². The maximum absolute atomic E-state index is 13.4. The number of ether oxygens (including phenoxy) is 5. The number of esters is 2. The number of carbonyl (C=O) groups excluding carboxylic acids is 2. The first-order valence-electron chi connectivity index (χ1n) is 15.7. The molecule has 2 aliphatic carbocycles. The molecule has 3 aromatic rings. The summed E-state index contributed by atoms with van der Waals surface area (Å²) in [6, 6.07) is 8.48. The van der Waals surface area contributed by atoms with Crippen LogP contribution in [0.25, 0.3) is 0 Å². The summed E-state index contributed by atoms with van der Waals surface area (Å²) in [6.07, 6.45) is 5.54. The Balaban J connectivity index is 0.00000562. The Morgan fingerprint density at radius 1 is 0.900 bits per heavy atom. The second kappa shape index (κ2) is 17.0. The van der Waals surface area contributed by atoms with Crippen molar-refractivity contribution < 1.29 is 60.9 Å². The summed E-state index contributed by atoms with van der Waals surface area (Å²) in [4.78, 5) is 29.4. The molecule has 11 nitrogen and oxygen atoms in total. The van der Waals surface area contributed by atoms with Crippen molar-refractivity contribution in [2.75, 3.05) is 19.5 Å². The fourth-order valence-electron chi connectivity index (χ4n) is 4.83. The molecular weight excluding hydrogens is 723 g/mol. The van der Waals surface area contributed by atoms with Crippen LogP contribution in [0.4, 0.5) is 8.78 Å². The average Bonchev–Trinajstić information content (AvgIpc) is 3.96. The van der Waals surface area contributed by atoms with E-state index < -0.39 is 40.6 Å². The third-order valence-corrected chi connectivity index (χ3v) is 9.39. The molecule has 0 unspecified atom stereocenters. The number of hydrogen-bond acceptors (Lipinski definition) is 10. The van der Waals surface area contributed by atoms with Crippen LogP contribution < -0.4 is 19.2 Å². The third kappa shape index (κ3) is 11.4. The highest BCUT2D eigenvalue weighted by Gasteiger charge is 2.30. The number of halogens is 4. The largest absolute Gasteiger partial charge is 0.870 e. The van der Waals surface area contributed by atoms with Gasteiger partial charge in [-0.15, -0.1) is 0 Å². The molecule has 50 heavy (non-hydrogen) atoms. The van der Waals surface area contributed by atoms with Crippen molar-refractivity contribution in [2.24, 2.45) is 11.8 Å². The van der Waals surface area contributed by atoms with Crippen molar-refractivity contribution in [3.05, 3.63) is 81.1 Å². The van der Waals surface area contributed by atoms with Gasteiger partial charge in [0.1, 0.15) is 21.9 Å². The summed E-state index contributed by atoms with van der Waals surface area (Å²) in [5.41, 5.74) is 1.24. The highest BCUT2D eigenvalue weighted by atomic mass is 35.5. The van der Waals surface area contributed by atoms with Gasteiger partial charge in [0.05, 0.1) is 24.5 Å². The van der Waals surface area contributed by atoms with E-state index in [0.29, 0.717) is 41.7 Å². The second-order valence-corrected chi connectivity index (χ2v) is 15.2. The number of nitrogens with one attached hydrogen (secondary N) is 1. The molecule has 2 aromatic carbocycles. The van der Waals surface area contributed by atoms with Crippen molar-refractivity contribution in [1.29, 1.82) is 0 Å². The molecule has 2 aliphatic rings. The molecule has 0 saturated heterocycles. The van der Waals surface area contributed by atoms with Crippen LogP contribution in [0.5, 0.6) is 17.2 Å². The number of sulfone groups is 1. The van der Waals surface area contributed by atoms with Crippen LogP contribution in [0.3, 0.4) is 0 Å². The third-order valence-electron chi connectivity index (χ3n) is 7.88. The van der Waals surface area contributed by atoms with Crippen molar-refractivity contribution in [3.8, 4) is 17.2 Å². The van der Waals surface area contributed by atoms with Crippen LogP contribution in [-0.2, 0) is 36.3 Å². The summed E-state index contributed by atoms with van der Waals surface area (Å²) in [7, 11) is -3.39. The molecule has 0 spiro atoms. The number of H-pyrrole nitrogens is 1. The van der Waals surface area contributed by atoms with E-state index in [2.05, 4.69) is 9.72 Å². The van der Waals surface area contributed by atoms with E-state index in [1.165, 1.54) is 55.7 Å². The van der Waals surface area contributed by atoms with Crippen LogP contribution in [0.15, 0.2) is 48.8 Å². The molecule has 2 saturated carbocycles. The smallest absolute Gasteiger partial charge is 0.387 e. The summed E-state index contributed by atoms with van der Waals surface area (Å²) in [6.45, 7) is -1.07. The van der Waals surface area contributed by atoms with Crippen molar-refractivity contribution >= 4 is 45.0 Å². The molecule has 0 radical (unpaired) electrons. The first kappa shape index (κ1) is 39.1. The van der Waals surface area contributed by atoms with Gasteiger partial charge in [-0.3, -0.25) is 0 Å². The Morgan fingerprint density at radius 2 is 1.52 bits per heavy atom. The summed E-state index contributed by atoms with van der Waals surface area (Å²) in [5.74, 6) is -1.27. The fraction of sp³-hybridized carbons (Fsp3) is 0.441. The van der Waals surface area contributed by atoms with Crippen LogP contribution in [-0.4, -0.2) is 58.0 Å². The number of rotatable bonds is 17. The molecule has 272 valence electrons. The van der Waals surface area contributed by atoms with E-state index in [1.54, 1.807) is 0 Å². The molecule has 1 heterocycles. The number of aromatic amines is 1. The lowest BCUT2D eigenvalue weighted by atomic mass is 10.0. The lowest BCUT2D eigenvalue weighted by Crippen LogP contribution is -2.28. The van der Waals surface area contributed by atoms with Gasteiger partial charge in [0, 0.05) is 23.8 Å². The Bertz CT molecular complexity index is 1770. The topological polar surface area (TPSA) is 159 Å². The zero-order valence-electron chi connectivity index (χ0n) is 27.2. The van der Waals surface area contributed by atoms with Crippen LogP contribution >= 0.6 is 23.2 Å². The van der Waals surface area contributed by atoms with E-state index >= 15 is 0 Å². The zero-order valence-corrected chi connectivity index (χ0v) is 29.5. The quantitative estimate of drug-likeness (QED) is 0.141. The van der Waals surface area contributed by atoms with Gasteiger partial charge in [-0.1, -0.05) is 35.3 Å². The standard InChI is InChI=1S/C34H35Cl2F2NO9S.H2O/c1-19(46-33(41)23-7-8-24(18-49(2,42)43)29(12-23)44-16-20-3-4-20)32(40)47-30(13-25-26(35)14-39-15-27(25)36)22-9-10-28(48-34(37)38)31(11-22)45-17-21-5-6-21;/h7-12,14-15,19-21,30,34H,3-6,13,16-18H2,1-2H3;1H2/t19-,30-;/m0./s1. The Kier molecular flexibility index (Phi) is 13.3. The lowest BCUT2D eigenvalue weighted by Gasteiger charge is -2.23. The molecule has 5 rings (SSSR count). The number of benzene rings is 2. The minimum absolute atomic E-state index is 0. The van der Waals surface area contributed by atoms with Crippen LogP contribution in [0.1, 0.15) is 65.8 Å². The zero-order chi connectivity index (χ0) is 35.3. The van der Waals surface area contributed by atoms with Crippen molar-refractivity contribution in [3.63, 3.8) is 0 Å². The number of carbonyl (C=O) groups is 2. The molecular formula is C34H37Cl2F2NO10S. The van der Waals surface area contributed by atoms with E-state index in [1.807, 2.05) is 0 Å². The number of hydrogen-bond donors (Lipinski definition) is 0. The normalized spacial score (nSPS) is 15.4. The second-order valence-electron chi connectivity index (χ2n) is 12.3. The van der Waals surface area contributed by atoms with Gasteiger partial charge in [-0.25, -0.2) is 23.0 Å². The monoisotopic (exact) mass is 759 g/mol. The highest BCUT2D eigenvalue weighted by molar-refractivity contribution is 7.89. The number of alkyl halides is 2. The first-order chi connectivity index (χ1) is 23.3. The van der Waals surface area contributed by atoms with Gasteiger partial charge in [0.15, 0.2) is 39.8 Å². The molecule has 2 fully saturated rings. The maximum Gasteiger partial charge on any atom is 0.387 e. The predicted octanol–water partition coefficient (Wildman–Crippen LogP) is 6.43. The average molecular weight is 761 g/mol. The number of pyridine rings is 1. The van der Waals surface area contributed by atoms with E-state index in [-0.39, 0.29) is 50.5 Å². The first-order valence-corrected chi connectivity index (χ1v) is 18.5. The minimum atomic E-state index is -3.39. The maximum atomic E-state index is 13.4. The predicted molar refractivity (Wildman–Crippen MR) is 177 cm³/mol. The summed E-state index contributed by atoms with van der Waals surface area (Å²) in [5, 5.41) is 0.518. The van der Waals surface area contributed by atoms with Crippen LogP contribution in [0, 0.1) is 11.8 Å². The highest BCUT2D eigenvalue weighted by Crippen LogP contribution is 2.38. The summed E-state index contributed by atoms with van der Waals surface area (Å²) >= 11 is 12.8. The molecule has 0 amide bonds. The summed E-state index contributed by atoms with van der Waals surface area (Å²) < 4.78 is 77.9. The van der Waals surface area contributed by atoms with E-state index in [9.17, 15) is 26.8 Å². The molecule has 0 aliphatic heterocycles. The SMILES string of the molecule is C[C@H](OC(=O)c1ccc(CS(C)(=O)=O)c(OCC2CC2)c1)C(=O)O[C@@H](Cc1c(Cl)c[nH+]cc1Cl)c1ccc(OC(F)F)c(OCC2CC2)c1.[OH-]. The fourth-order valence-corrected chi connectivity index (χ4v) is 6.17. The van der Waals surface area contributed by atoms with Gasteiger partial charge < -0.3 is 29.2 Å². The molecule has 1 aromatic heterocycles. The van der Waals surface area contributed by atoms with Gasteiger partial charge in [-0.2, -0.15) is 8.78 Å². The number of aromatic nitrogens is 1. The van der Waals surface area contributed by atoms with Crippen molar-refractivity contribution in [1.82, 2.24) is 0 Å². The van der Waals surface area contributed by atoms with Crippen molar-refractivity contribution in [2.45, 2.75) is 63.6 Å². The van der Waals surface area contributed by atoms with Gasteiger partial charge in [0.25, 0.3) is 0 Å². The Labute approximate surface area is 298 Å².